The molecule has 1 fully saturated rings. The first kappa shape index (κ1) is 18.9. The van der Waals surface area contributed by atoms with Gasteiger partial charge in [-0.15, -0.1) is 0 Å². The molecule has 1 unspecified atom stereocenters. The third kappa shape index (κ3) is 4.71. The SMILES string of the molecule is O=C(NCCn1cccn1)c1cccc(CC2CCN(C(=O)c3ccno3)C2)c1. The molecule has 0 radical (unpaired) electrons. The van der Waals surface area contributed by atoms with Crippen LogP contribution in [-0.4, -0.2) is 51.3 Å². The Morgan fingerprint density at radius 3 is 2.93 bits per heavy atom. The van der Waals surface area contributed by atoms with Crippen molar-refractivity contribution < 1.29 is 14.1 Å². The monoisotopic (exact) mass is 393 g/mol. The fourth-order valence-corrected chi connectivity index (χ4v) is 3.66. The van der Waals surface area contributed by atoms with E-state index in [0.29, 0.717) is 37.7 Å². The van der Waals surface area contributed by atoms with Crippen LogP contribution >= 0.6 is 0 Å². The van der Waals surface area contributed by atoms with Crippen LogP contribution in [0.25, 0.3) is 0 Å². The molecule has 1 saturated heterocycles. The smallest absolute Gasteiger partial charge is 0.292 e. The Morgan fingerprint density at radius 2 is 2.14 bits per heavy atom. The third-order valence-electron chi connectivity index (χ3n) is 5.12. The highest BCUT2D eigenvalue weighted by atomic mass is 16.5. The van der Waals surface area contributed by atoms with Crippen molar-refractivity contribution in [3.8, 4) is 0 Å². The summed E-state index contributed by atoms with van der Waals surface area (Å²) in [6.45, 7) is 2.54. The minimum Gasteiger partial charge on any atom is -0.351 e. The van der Waals surface area contributed by atoms with Crippen LogP contribution in [0.4, 0.5) is 0 Å². The Labute approximate surface area is 168 Å². The van der Waals surface area contributed by atoms with E-state index in [9.17, 15) is 9.59 Å². The van der Waals surface area contributed by atoms with Crippen molar-refractivity contribution in [3.63, 3.8) is 0 Å². The molecular weight excluding hydrogens is 370 g/mol. The first-order valence-electron chi connectivity index (χ1n) is 9.73. The zero-order valence-electron chi connectivity index (χ0n) is 16.0. The van der Waals surface area contributed by atoms with Crippen molar-refractivity contribution >= 4 is 11.8 Å². The molecule has 4 rings (SSSR count). The molecular formula is C21H23N5O3. The summed E-state index contributed by atoms with van der Waals surface area (Å²) in [6, 6.07) is 11.1. The Hall–Kier alpha value is -3.42. The number of hydrogen-bond donors (Lipinski definition) is 1. The van der Waals surface area contributed by atoms with E-state index in [1.807, 2.05) is 36.5 Å². The first-order valence-corrected chi connectivity index (χ1v) is 9.73. The summed E-state index contributed by atoms with van der Waals surface area (Å²) in [4.78, 5) is 26.6. The highest BCUT2D eigenvalue weighted by molar-refractivity contribution is 5.94. The van der Waals surface area contributed by atoms with Crippen molar-refractivity contribution in [2.75, 3.05) is 19.6 Å². The minimum atomic E-state index is -0.115. The van der Waals surface area contributed by atoms with Crippen molar-refractivity contribution in [2.45, 2.75) is 19.4 Å². The van der Waals surface area contributed by atoms with Crippen LogP contribution < -0.4 is 5.32 Å². The summed E-state index contributed by atoms with van der Waals surface area (Å²) in [6.07, 6.45) is 6.82. The number of hydrogen-bond acceptors (Lipinski definition) is 5. The van der Waals surface area contributed by atoms with Gasteiger partial charge in [-0.3, -0.25) is 14.3 Å². The molecule has 0 spiro atoms. The van der Waals surface area contributed by atoms with Gasteiger partial charge in [0.25, 0.3) is 11.8 Å². The Bertz CT molecular complexity index is 953. The number of nitrogens with zero attached hydrogens (tertiary/aromatic N) is 4. The van der Waals surface area contributed by atoms with E-state index in [0.717, 1.165) is 18.4 Å². The number of amides is 2. The second kappa shape index (κ2) is 8.72. The highest BCUT2D eigenvalue weighted by Crippen LogP contribution is 2.23. The topological polar surface area (TPSA) is 93.3 Å². The zero-order chi connectivity index (χ0) is 20.1. The van der Waals surface area contributed by atoms with Crippen LogP contribution in [0.1, 0.15) is 32.9 Å². The van der Waals surface area contributed by atoms with Gasteiger partial charge >= 0.3 is 0 Å². The van der Waals surface area contributed by atoms with Gasteiger partial charge in [0.2, 0.25) is 5.76 Å². The highest BCUT2D eigenvalue weighted by Gasteiger charge is 2.28. The molecule has 1 atom stereocenters. The number of benzene rings is 1. The number of carbonyl (C=O) groups is 2. The molecule has 1 aliphatic heterocycles. The number of rotatable bonds is 7. The van der Waals surface area contributed by atoms with Gasteiger partial charge < -0.3 is 14.7 Å². The Kier molecular flexibility index (Phi) is 5.69. The molecule has 0 saturated carbocycles. The average Bonchev–Trinajstić information content (AvgIpc) is 3.50. The average molecular weight is 393 g/mol. The molecule has 1 N–H and O–H groups in total. The van der Waals surface area contributed by atoms with E-state index < -0.39 is 0 Å². The third-order valence-corrected chi connectivity index (χ3v) is 5.12. The molecule has 3 aromatic rings. The lowest BCUT2D eigenvalue weighted by Gasteiger charge is -2.15. The fraction of sp³-hybridized carbons (Fsp3) is 0.333. The Balaban J connectivity index is 1.29. The maximum atomic E-state index is 12.4. The second-order valence-electron chi connectivity index (χ2n) is 7.21. The predicted molar refractivity (Wildman–Crippen MR) is 105 cm³/mol. The van der Waals surface area contributed by atoms with Crippen LogP contribution in [0.2, 0.25) is 0 Å². The summed E-state index contributed by atoms with van der Waals surface area (Å²) in [7, 11) is 0. The normalized spacial score (nSPS) is 16.1. The lowest BCUT2D eigenvalue weighted by Crippen LogP contribution is -2.28. The molecule has 2 aromatic heterocycles. The minimum absolute atomic E-state index is 0.0902. The van der Waals surface area contributed by atoms with Crippen LogP contribution in [0.15, 0.2) is 59.5 Å². The van der Waals surface area contributed by atoms with Gasteiger partial charge in [0.15, 0.2) is 0 Å². The summed E-state index contributed by atoms with van der Waals surface area (Å²) < 4.78 is 6.75. The van der Waals surface area contributed by atoms with Crippen LogP contribution in [0.3, 0.4) is 0 Å². The summed E-state index contributed by atoms with van der Waals surface area (Å²) in [5, 5.41) is 10.6. The fourth-order valence-electron chi connectivity index (χ4n) is 3.66. The number of nitrogens with one attached hydrogen (secondary N) is 1. The second-order valence-corrected chi connectivity index (χ2v) is 7.21. The van der Waals surface area contributed by atoms with Crippen molar-refractivity contribution in [2.24, 2.45) is 5.92 Å². The van der Waals surface area contributed by atoms with Gasteiger partial charge in [-0.2, -0.15) is 5.10 Å². The molecule has 0 aliphatic carbocycles. The van der Waals surface area contributed by atoms with Crippen molar-refractivity contribution in [1.29, 1.82) is 0 Å². The molecule has 8 nitrogen and oxygen atoms in total. The maximum absolute atomic E-state index is 12.4. The number of likely N-dealkylation sites (tertiary alicyclic amines) is 1. The van der Waals surface area contributed by atoms with E-state index in [2.05, 4.69) is 15.6 Å². The standard InChI is InChI=1S/C21H23N5O3/c27-20(22-9-12-26-10-2-7-23-26)18-4-1-3-16(14-18)13-17-6-11-25(15-17)21(28)19-5-8-24-29-19/h1-5,7-8,10,14,17H,6,9,11-13,15H2,(H,22,27). The lowest BCUT2D eigenvalue weighted by molar-refractivity contribution is 0.0745. The van der Waals surface area contributed by atoms with Crippen LogP contribution in [0, 0.1) is 5.92 Å². The van der Waals surface area contributed by atoms with E-state index in [-0.39, 0.29) is 17.6 Å². The predicted octanol–water partition coefficient (Wildman–Crippen LogP) is 2.01. The van der Waals surface area contributed by atoms with Gasteiger partial charge in [-0.25, -0.2) is 0 Å². The van der Waals surface area contributed by atoms with E-state index in [1.54, 1.807) is 21.8 Å². The molecule has 8 heteroatoms. The van der Waals surface area contributed by atoms with Crippen molar-refractivity contribution in [1.82, 2.24) is 25.2 Å². The molecule has 2 amide bonds. The first-order chi connectivity index (χ1) is 14.2. The molecule has 150 valence electrons. The zero-order valence-corrected chi connectivity index (χ0v) is 16.0. The Morgan fingerprint density at radius 1 is 1.21 bits per heavy atom. The van der Waals surface area contributed by atoms with Gasteiger partial charge in [0.1, 0.15) is 0 Å². The number of aromatic nitrogens is 3. The molecule has 29 heavy (non-hydrogen) atoms. The van der Waals surface area contributed by atoms with Gasteiger partial charge in [-0.1, -0.05) is 17.3 Å². The largest absolute Gasteiger partial charge is 0.351 e. The molecule has 1 aliphatic rings. The summed E-state index contributed by atoms with van der Waals surface area (Å²) >= 11 is 0. The molecule has 1 aromatic carbocycles. The van der Waals surface area contributed by atoms with Crippen LogP contribution in [0.5, 0.6) is 0 Å². The van der Waals surface area contributed by atoms with E-state index in [4.69, 9.17) is 4.52 Å². The number of carbonyl (C=O) groups excluding carboxylic acids is 2. The van der Waals surface area contributed by atoms with Crippen molar-refractivity contribution in [3.05, 3.63) is 71.9 Å². The van der Waals surface area contributed by atoms with E-state index >= 15 is 0 Å². The van der Waals surface area contributed by atoms with E-state index in [1.165, 1.54) is 6.20 Å². The van der Waals surface area contributed by atoms with Gasteiger partial charge in [0, 0.05) is 43.7 Å². The van der Waals surface area contributed by atoms with Gasteiger partial charge in [-0.05, 0) is 42.5 Å². The molecule has 3 heterocycles. The van der Waals surface area contributed by atoms with Crippen LogP contribution in [-0.2, 0) is 13.0 Å². The molecule has 0 bridgehead atoms. The maximum Gasteiger partial charge on any atom is 0.292 e. The summed E-state index contributed by atoms with van der Waals surface area (Å²) in [5.74, 6) is 0.433. The quantitative estimate of drug-likeness (QED) is 0.663. The lowest BCUT2D eigenvalue weighted by atomic mass is 9.97. The van der Waals surface area contributed by atoms with Gasteiger partial charge in [0.05, 0.1) is 12.7 Å². The summed E-state index contributed by atoms with van der Waals surface area (Å²) in [5.41, 5.74) is 1.75.